The van der Waals surface area contributed by atoms with Gasteiger partial charge in [-0.1, -0.05) is 0 Å². The molecule has 6 heteroatoms. The number of rotatable bonds is 4. The molecule has 0 radical (unpaired) electrons. The molecule has 2 rings (SSSR count). The monoisotopic (exact) mass is 250 g/mol. The minimum atomic E-state index is -1.04. The lowest BCUT2D eigenvalue weighted by molar-refractivity contribution is 0.0686. The Balaban J connectivity index is 2.06. The maximum absolute atomic E-state index is 12.7. The van der Waals surface area contributed by atoms with Crippen molar-refractivity contribution in [3.8, 4) is 5.75 Å². The fraction of sp³-hybridized carbons (Fsp3) is 0.167. The van der Waals surface area contributed by atoms with E-state index >= 15 is 0 Å². The molecule has 0 aliphatic carbocycles. The standard InChI is InChI=1S/C12H11FN2O3/c1-15-10(12(16)17)6-14-11(15)7-18-9-4-2-8(13)3-5-9/h2-6H,7H2,1H3,(H,16,17). The Morgan fingerprint density at radius 3 is 2.67 bits per heavy atom. The Hall–Kier alpha value is -2.37. The number of carbonyl (C=O) groups is 1. The van der Waals surface area contributed by atoms with Gasteiger partial charge in [-0.05, 0) is 24.3 Å². The fourth-order valence-corrected chi connectivity index (χ4v) is 1.46. The molecular weight excluding hydrogens is 239 g/mol. The first kappa shape index (κ1) is 12.1. The van der Waals surface area contributed by atoms with E-state index in [0.29, 0.717) is 11.6 Å². The van der Waals surface area contributed by atoms with Crippen molar-refractivity contribution in [2.75, 3.05) is 0 Å². The lowest BCUT2D eigenvalue weighted by Crippen LogP contribution is -2.09. The third-order valence-electron chi connectivity index (χ3n) is 2.49. The molecule has 0 amide bonds. The highest BCUT2D eigenvalue weighted by molar-refractivity contribution is 5.85. The number of benzene rings is 1. The third-order valence-corrected chi connectivity index (χ3v) is 2.49. The predicted molar refractivity (Wildman–Crippen MR) is 60.9 cm³/mol. The van der Waals surface area contributed by atoms with Gasteiger partial charge < -0.3 is 14.4 Å². The quantitative estimate of drug-likeness (QED) is 0.899. The van der Waals surface area contributed by atoms with Gasteiger partial charge in [0.15, 0.2) is 0 Å². The Labute approximate surface area is 102 Å². The zero-order valence-electron chi connectivity index (χ0n) is 9.63. The molecule has 5 nitrogen and oxygen atoms in total. The molecule has 0 aliphatic rings. The number of ether oxygens (including phenoxy) is 1. The molecule has 0 saturated heterocycles. The molecule has 0 spiro atoms. The van der Waals surface area contributed by atoms with E-state index in [4.69, 9.17) is 9.84 Å². The average molecular weight is 250 g/mol. The maximum Gasteiger partial charge on any atom is 0.354 e. The first-order valence-electron chi connectivity index (χ1n) is 5.20. The van der Waals surface area contributed by atoms with Crippen LogP contribution in [-0.2, 0) is 13.7 Å². The van der Waals surface area contributed by atoms with Gasteiger partial charge in [-0.15, -0.1) is 0 Å². The lowest BCUT2D eigenvalue weighted by Gasteiger charge is -2.06. The molecule has 1 heterocycles. The zero-order valence-corrected chi connectivity index (χ0v) is 9.63. The molecule has 0 bridgehead atoms. The largest absolute Gasteiger partial charge is 0.486 e. The van der Waals surface area contributed by atoms with E-state index in [0.717, 1.165) is 0 Å². The van der Waals surface area contributed by atoms with Crippen molar-refractivity contribution >= 4 is 5.97 Å². The fourth-order valence-electron chi connectivity index (χ4n) is 1.46. The van der Waals surface area contributed by atoms with Crippen LogP contribution in [0.5, 0.6) is 5.75 Å². The Morgan fingerprint density at radius 2 is 2.11 bits per heavy atom. The van der Waals surface area contributed by atoms with Gasteiger partial charge in [0.25, 0.3) is 0 Å². The number of halogens is 1. The number of carboxylic acid groups (broad SMARTS) is 1. The molecule has 0 atom stereocenters. The molecule has 18 heavy (non-hydrogen) atoms. The molecule has 1 aromatic carbocycles. The molecule has 1 aromatic heterocycles. The van der Waals surface area contributed by atoms with Gasteiger partial charge in [-0.2, -0.15) is 0 Å². The third kappa shape index (κ3) is 2.48. The molecule has 1 N–H and O–H groups in total. The smallest absolute Gasteiger partial charge is 0.354 e. The minimum Gasteiger partial charge on any atom is -0.486 e. The van der Waals surface area contributed by atoms with Crippen LogP contribution in [0.25, 0.3) is 0 Å². The SMILES string of the molecule is Cn1c(C(=O)O)cnc1COc1ccc(F)cc1. The summed E-state index contributed by atoms with van der Waals surface area (Å²) in [4.78, 5) is 14.8. The van der Waals surface area contributed by atoms with E-state index in [1.54, 1.807) is 7.05 Å². The Kier molecular flexibility index (Phi) is 3.27. The second-order valence-electron chi connectivity index (χ2n) is 3.67. The first-order chi connectivity index (χ1) is 8.58. The highest BCUT2D eigenvalue weighted by Crippen LogP contribution is 2.13. The summed E-state index contributed by atoms with van der Waals surface area (Å²) in [6.07, 6.45) is 1.27. The highest BCUT2D eigenvalue weighted by Gasteiger charge is 2.12. The number of carboxylic acids is 1. The second-order valence-corrected chi connectivity index (χ2v) is 3.67. The molecule has 94 valence electrons. The van der Waals surface area contributed by atoms with Gasteiger partial charge >= 0.3 is 5.97 Å². The molecule has 0 saturated carbocycles. The van der Waals surface area contributed by atoms with Gasteiger partial charge in [0.1, 0.15) is 29.7 Å². The molecule has 0 fully saturated rings. The summed E-state index contributed by atoms with van der Waals surface area (Å²) < 4.78 is 19.5. The Morgan fingerprint density at radius 1 is 1.44 bits per heavy atom. The topological polar surface area (TPSA) is 64.4 Å². The summed E-state index contributed by atoms with van der Waals surface area (Å²) in [6, 6.07) is 5.57. The van der Waals surface area contributed by atoms with Crippen LogP contribution in [0.2, 0.25) is 0 Å². The van der Waals surface area contributed by atoms with Crippen molar-refractivity contribution in [1.82, 2.24) is 9.55 Å². The molecule has 2 aromatic rings. The highest BCUT2D eigenvalue weighted by atomic mass is 19.1. The van der Waals surface area contributed by atoms with Crippen molar-refractivity contribution in [3.05, 3.63) is 47.8 Å². The number of hydrogen-bond donors (Lipinski definition) is 1. The normalized spacial score (nSPS) is 10.3. The van der Waals surface area contributed by atoms with Crippen LogP contribution in [0.4, 0.5) is 4.39 Å². The zero-order chi connectivity index (χ0) is 13.1. The average Bonchev–Trinajstić information content (AvgIpc) is 2.70. The number of hydrogen-bond acceptors (Lipinski definition) is 3. The van der Waals surface area contributed by atoms with Crippen LogP contribution < -0.4 is 4.74 Å². The summed E-state index contributed by atoms with van der Waals surface area (Å²) in [5.74, 6) is -0.404. The predicted octanol–water partition coefficient (Wildman–Crippen LogP) is 1.84. The van der Waals surface area contributed by atoms with E-state index in [9.17, 15) is 9.18 Å². The summed E-state index contributed by atoms with van der Waals surface area (Å²) in [5, 5.41) is 8.85. The van der Waals surface area contributed by atoms with Crippen LogP contribution in [-0.4, -0.2) is 20.6 Å². The van der Waals surface area contributed by atoms with Gasteiger partial charge in [0.2, 0.25) is 0 Å². The van der Waals surface area contributed by atoms with Crippen LogP contribution >= 0.6 is 0 Å². The number of aromatic carboxylic acids is 1. The van der Waals surface area contributed by atoms with Crippen molar-refractivity contribution in [1.29, 1.82) is 0 Å². The van der Waals surface area contributed by atoms with Crippen LogP contribution in [0, 0.1) is 5.82 Å². The van der Waals surface area contributed by atoms with Gasteiger partial charge in [-0.25, -0.2) is 14.2 Å². The van der Waals surface area contributed by atoms with Gasteiger partial charge in [-0.3, -0.25) is 0 Å². The van der Waals surface area contributed by atoms with Gasteiger partial charge in [0, 0.05) is 7.05 Å². The second kappa shape index (κ2) is 4.87. The first-order valence-corrected chi connectivity index (χ1v) is 5.20. The maximum atomic E-state index is 12.7. The molecule has 0 aliphatic heterocycles. The number of imidazole rings is 1. The lowest BCUT2D eigenvalue weighted by atomic mass is 10.3. The molecule has 0 unspecified atom stereocenters. The van der Waals surface area contributed by atoms with Gasteiger partial charge in [0.05, 0.1) is 6.20 Å². The van der Waals surface area contributed by atoms with Crippen molar-refractivity contribution < 1.29 is 19.0 Å². The van der Waals surface area contributed by atoms with E-state index in [1.165, 1.54) is 35.0 Å². The minimum absolute atomic E-state index is 0.0905. The van der Waals surface area contributed by atoms with E-state index in [2.05, 4.69) is 4.98 Å². The van der Waals surface area contributed by atoms with Crippen molar-refractivity contribution in [3.63, 3.8) is 0 Å². The summed E-state index contributed by atoms with van der Waals surface area (Å²) in [7, 11) is 1.60. The van der Waals surface area contributed by atoms with Crippen LogP contribution in [0.1, 0.15) is 16.3 Å². The Bertz CT molecular complexity index is 563. The van der Waals surface area contributed by atoms with Crippen molar-refractivity contribution in [2.45, 2.75) is 6.61 Å². The van der Waals surface area contributed by atoms with E-state index < -0.39 is 5.97 Å². The van der Waals surface area contributed by atoms with E-state index in [1.807, 2.05) is 0 Å². The van der Waals surface area contributed by atoms with E-state index in [-0.39, 0.29) is 18.1 Å². The van der Waals surface area contributed by atoms with Crippen LogP contribution in [0.15, 0.2) is 30.5 Å². The number of aromatic nitrogens is 2. The van der Waals surface area contributed by atoms with Crippen molar-refractivity contribution in [2.24, 2.45) is 7.05 Å². The summed E-state index contributed by atoms with van der Waals surface area (Å²) in [5.41, 5.74) is 0.0905. The molecular formula is C12H11FN2O3. The van der Waals surface area contributed by atoms with Crippen LogP contribution in [0.3, 0.4) is 0 Å². The summed E-state index contributed by atoms with van der Waals surface area (Å²) >= 11 is 0. The number of nitrogens with zero attached hydrogens (tertiary/aromatic N) is 2. The summed E-state index contributed by atoms with van der Waals surface area (Å²) in [6.45, 7) is 0.120.